The SMILES string of the molecule is Cc1cc(C)c(-n2ccnc2-c2cccc(CC3(C)CCCCC3)c2)c(C)c1. The Kier molecular flexibility index (Phi) is 5.14. The molecule has 0 unspecified atom stereocenters. The van der Waals surface area contributed by atoms with Gasteiger partial charge in [-0.15, -0.1) is 0 Å². The second-order valence-electron chi connectivity index (χ2n) is 9.12. The molecule has 2 aromatic carbocycles. The van der Waals surface area contributed by atoms with Gasteiger partial charge >= 0.3 is 0 Å². The van der Waals surface area contributed by atoms with Crippen molar-refractivity contribution in [2.75, 3.05) is 0 Å². The maximum Gasteiger partial charge on any atom is 0.144 e. The molecule has 0 radical (unpaired) electrons. The monoisotopic (exact) mass is 372 g/mol. The van der Waals surface area contributed by atoms with Crippen molar-refractivity contribution >= 4 is 0 Å². The molecule has 2 nitrogen and oxygen atoms in total. The number of rotatable bonds is 4. The van der Waals surface area contributed by atoms with Gasteiger partial charge in [0.05, 0.1) is 5.69 Å². The van der Waals surface area contributed by atoms with Crippen LogP contribution < -0.4 is 0 Å². The first-order chi connectivity index (χ1) is 13.5. The number of nitrogens with zero attached hydrogens (tertiary/aromatic N) is 2. The molecule has 4 rings (SSSR count). The molecule has 0 N–H and O–H groups in total. The molecule has 1 aliphatic rings. The van der Waals surface area contributed by atoms with E-state index < -0.39 is 0 Å². The van der Waals surface area contributed by atoms with E-state index in [1.807, 2.05) is 6.20 Å². The summed E-state index contributed by atoms with van der Waals surface area (Å²) in [4.78, 5) is 4.74. The van der Waals surface area contributed by atoms with Gasteiger partial charge in [0.15, 0.2) is 0 Å². The summed E-state index contributed by atoms with van der Waals surface area (Å²) < 4.78 is 2.26. The lowest BCUT2D eigenvalue weighted by molar-refractivity contribution is 0.215. The Bertz CT molecular complexity index is 951. The van der Waals surface area contributed by atoms with Gasteiger partial charge in [-0.1, -0.05) is 62.1 Å². The van der Waals surface area contributed by atoms with E-state index in [2.05, 4.69) is 74.9 Å². The van der Waals surface area contributed by atoms with Gasteiger partial charge in [-0.25, -0.2) is 4.98 Å². The molecule has 0 aliphatic heterocycles. The second-order valence-corrected chi connectivity index (χ2v) is 9.12. The zero-order chi connectivity index (χ0) is 19.7. The van der Waals surface area contributed by atoms with Crippen LogP contribution in [0.1, 0.15) is 61.3 Å². The van der Waals surface area contributed by atoms with Crippen LogP contribution in [-0.4, -0.2) is 9.55 Å². The highest BCUT2D eigenvalue weighted by atomic mass is 15.1. The Hall–Kier alpha value is -2.35. The van der Waals surface area contributed by atoms with Crippen molar-refractivity contribution in [3.8, 4) is 17.1 Å². The Balaban J connectivity index is 1.70. The molecule has 3 aromatic rings. The van der Waals surface area contributed by atoms with Gasteiger partial charge in [-0.3, -0.25) is 4.57 Å². The summed E-state index contributed by atoms with van der Waals surface area (Å²) in [5, 5.41) is 0. The fourth-order valence-corrected chi connectivity index (χ4v) is 5.15. The molecular formula is C26H32N2. The third kappa shape index (κ3) is 3.78. The zero-order valence-corrected chi connectivity index (χ0v) is 17.8. The average molecular weight is 373 g/mol. The number of aryl methyl sites for hydroxylation is 3. The summed E-state index contributed by atoms with van der Waals surface area (Å²) in [5.74, 6) is 1.03. The maximum absolute atomic E-state index is 4.74. The van der Waals surface area contributed by atoms with Crippen molar-refractivity contribution in [3.05, 3.63) is 71.0 Å². The summed E-state index contributed by atoms with van der Waals surface area (Å²) in [6.45, 7) is 9.02. The van der Waals surface area contributed by atoms with E-state index in [1.54, 1.807) is 0 Å². The van der Waals surface area contributed by atoms with E-state index in [1.165, 1.54) is 72.0 Å². The van der Waals surface area contributed by atoms with E-state index in [4.69, 9.17) is 4.98 Å². The predicted octanol–water partition coefficient (Wildman–Crippen LogP) is 6.98. The highest BCUT2D eigenvalue weighted by Crippen LogP contribution is 2.39. The molecule has 0 spiro atoms. The van der Waals surface area contributed by atoms with Crippen LogP contribution >= 0.6 is 0 Å². The molecule has 1 fully saturated rings. The minimum absolute atomic E-state index is 0.455. The number of hydrogen-bond donors (Lipinski definition) is 0. The molecule has 1 saturated carbocycles. The van der Waals surface area contributed by atoms with Crippen LogP contribution in [0.2, 0.25) is 0 Å². The standard InChI is InChI=1S/C26H32N2/c1-19-15-20(2)24(21(3)16-19)28-14-13-27-25(28)23-10-8-9-22(17-23)18-26(4)11-6-5-7-12-26/h8-10,13-17H,5-7,11-12,18H2,1-4H3. The van der Waals surface area contributed by atoms with Gasteiger partial charge in [-0.2, -0.15) is 0 Å². The Morgan fingerprint density at radius 2 is 1.68 bits per heavy atom. The molecule has 0 saturated heterocycles. The predicted molar refractivity (Wildman–Crippen MR) is 118 cm³/mol. The van der Waals surface area contributed by atoms with Crippen LogP contribution in [0.4, 0.5) is 0 Å². The smallest absolute Gasteiger partial charge is 0.144 e. The quantitative estimate of drug-likeness (QED) is 0.483. The maximum atomic E-state index is 4.74. The van der Waals surface area contributed by atoms with Gasteiger partial charge in [0.2, 0.25) is 0 Å². The van der Waals surface area contributed by atoms with E-state index in [0.29, 0.717) is 5.41 Å². The van der Waals surface area contributed by atoms with E-state index in [0.717, 1.165) is 5.82 Å². The van der Waals surface area contributed by atoms with Crippen LogP contribution in [0.5, 0.6) is 0 Å². The first kappa shape index (κ1) is 19.0. The summed E-state index contributed by atoms with van der Waals surface area (Å²) in [6.07, 6.45) is 12.1. The van der Waals surface area contributed by atoms with Gasteiger partial charge in [0, 0.05) is 18.0 Å². The third-order valence-electron chi connectivity index (χ3n) is 6.39. The lowest BCUT2D eigenvalue weighted by Gasteiger charge is -2.33. The van der Waals surface area contributed by atoms with Crippen LogP contribution in [0.25, 0.3) is 17.1 Å². The van der Waals surface area contributed by atoms with Gasteiger partial charge in [0.1, 0.15) is 5.82 Å². The minimum atomic E-state index is 0.455. The van der Waals surface area contributed by atoms with E-state index >= 15 is 0 Å². The van der Waals surface area contributed by atoms with Crippen molar-refractivity contribution < 1.29 is 0 Å². The molecule has 146 valence electrons. The molecule has 0 atom stereocenters. The van der Waals surface area contributed by atoms with E-state index in [-0.39, 0.29) is 0 Å². The van der Waals surface area contributed by atoms with Crippen LogP contribution in [0, 0.1) is 26.2 Å². The number of benzene rings is 2. The topological polar surface area (TPSA) is 17.8 Å². The largest absolute Gasteiger partial charge is 0.299 e. The Labute approximate surface area is 169 Å². The van der Waals surface area contributed by atoms with Gasteiger partial charge < -0.3 is 0 Å². The molecule has 28 heavy (non-hydrogen) atoms. The normalized spacial score (nSPS) is 16.3. The molecule has 2 heteroatoms. The molecule has 1 heterocycles. The minimum Gasteiger partial charge on any atom is -0.299 e. The summed E-state index contributed by atoms with van der Waals surface area (Å²) in [5.41, 5.74) is 8.25. The molecule has 1 aromatic heterocycles. The lowest BCUT2D eigenvalue weighted by Crippen LogP contribution is -2.22. The summed E-state index contributed by atoms with van der Waals surface area (Å²) in [7, 11) is 0. The third-order valence-corrected chi connectivity index (χ3v) is 6.39. The Morgan fingerprint density at radius 1 is 0.964 bits per heavy atom. The number of hydrogen-bond acceptors (Lipinski definition) is 1. The lowest BCUT2D eigenvalue weighted by atomic mass is 9.72. The first-order valence-corrected chi connectivity index (χ1v) is 10.7. The van der Waals surface area contributed by atoms with Gasteiger partial charge in [0.25, 0.3) is 0 Å². The van der Waals surface area contributed by atoms with Crippen LogP contribution in [-0.2, 0) is 6.42 Å². The van der Waals surface area contributed by atoms with Crippen molar-refractivity contribution in [1.82, 2.24) is 9.55 Å². The first-order valence-electron chi connectivity index (χ1n) is 10.7. The fourth-order valence-electron chi connectivity index (χ4n) is 5.15. The van der Waals surface area contributed by atoms with E-state index in [9.17, 15) is 0 Å². The summed E-state index contributed by atoms with van der Waals surface area (Å²) >= 11 is 0. The highest BCUT2D eigenvalue weighted by Gasteiger charge is 2.27. The van der Waals surface area contributed by atoms with Crippen LogP contribution in [0.15, 0.2) is 48.8 Å². The molecule has 0 amide bonds. The summed E-state index contributed by atoms with van der Waals surface area (Å²) in [6, 6.07) is 13.6. The average Bonchev–Trinajstić information content (AvgIpc) is 3.10. The van der Waals surface area contributed by atoms with Crippen LogP contribution in [0.3, 0.4) is 0 Å². The number of imidazole rings is 1. The zero-order valence-electron chi connectivity index (χ0n) is 17.8. The number of aromatic nitrogens is 2. The Morgan fingerprint density at radius 3 is 2.39 bits per heavy atom. The van der Waals surface area contributed by atoms with Crippen molar-refractivity contribution in [3.63, 3.8) is 0 Å². The van der Waals surface area contributed by atoms with Gasteiger partial charge in [-0.05, 0) is 68.2 Å². The second kappa shape index (κ2) is 7.58. The molecule has 1 aliphatic carbocycles. The molecule has 0 bridgehead atoms. The van der Waals surface area contributed by atoms with Crippen molar-refractivity contribution in [2.45, 2.75) is 66.2 Å². The van der Waals surface area contributed by atoms with Crippen molar-refractivity contribution in [2.24, 2.45) is 5.41 Å². The highest BCUT2D eigenvalue weighted by molar-refractivity contribution is 5.62. The fraction of sp³-hybridized carbons (Fsp3) is 0.423. The van der Waals surface area contributed by atoms with Crippen molar-refractivity contribution in [1.29, 1.82) is 0 Å². The molecular weight excluding hydrogens is 340 g/mol.